The lowest BCUT2D eigenvalue weighted by molar-refractivity contribution is 0.104. The number of benzene rings is 2. The van der Waals surface area contributed by atoms with Crippen LogP contribution in [0.1, 0.15) is 34.3 Å². The van der Waals surface area contributed by atoms with Crippen LogP contribution in [0.15, 0.2) is 48.7 Å². The molecule has 0 unspecified atom stereocenters. The topological polar surface area (TPSA) is 47.6 Å². The Morgan fingerprint density at radius 1 is 1.04 bits per heavy atom. The second-order valence-electron chi connectivity index (χ2n) is 6.06. The minimum absolute atomic E-state index is 0.0850. The van der Waals surface area contributed by atoms with Gasteiger partial charge in [0.05, 0.1) is 14.2 Å². The first-order valence-electron chi connectivity index (χ1n) is 8.53. The first kappa shape index (κ1) is 17.1. The lowest BCUT2D eigenvalue weighted by atomic mass is 9.90. The Balaban J connectivity index is 1.71. The van der Waals surface area contributed by atoms with Crippen LogP contribution in [0.25, 0.3) is 0 Å². The summed E-state index contributed by atoms with van der Waals surface area (Å²) in [5.74, 6) is 1.07. The van der Waals surface area contributed by atoms with Gasteiger partial charge in [-0.15, -0.1) is 0 Å². The van der Waals surface area contributed by atoms with Crippen LogP contribution in [0.2, 0.25) is 0 Å². The number of aryl methyl sites for hydroxylation is 1. The van der Waals surface area contributed by atoms with Crippen molar-refractivity contribution in [3.8, 4) is 11.5 Å². The molecule has 1 aliphatic carbocycles. The molecule has 2 aromatic rings. The van der Waals surface area contributed by atoms with Crippen LogP contribution in [-0.4, -0.2) is 20.0 Å². The number of fused-ring (bicyclic) bond motifs is 1. The van der Waals surface area contributed by atoms with Gasteiger partial charge in [-0.2, -0.15) is 0 Å². The fourth-order valence-electron chi connectivity index (χ4n) is 3.21. The van der Waals surface area contributed by atoms with Crippen molar-refractivity contribution in [2.45, 2.75) is 25.7 Å². The molecule has 1 N–H and O–H groups in total. The molecule has 1 aliphatic rings. The molecule has 130 valence electrons. The third kappa shape index (κ3) is 3.85. The number of carbonyl (C=O) groups excluding carboxylic acids is 1. The van der Waals surface area contributed by atoms with Gasteiger partial charge in [0.1, 0.15) is 0 Å². The number of ketones is 1. The number of methoxy groups -OCH3 is 2. The maximum atomic E-state index is 12.4. The van der Waals surface area contributed by atoms with Crippen molar-refractivity contribution >= 4 is 11.5 Å². The quantitative estimate of drug-likeness (QED) is 0.627. The number of carbonyl (C=O) groups is 1. The minimum Gasteiger partial charge on any atom is -0.493 e. The fraction of sp³-hybridized carbons (Fsp3) is 0.286. The van der Waals surface area contributed by atoms with Gasteiger partial charge in [-0.25, -0.2) is 0 Å². The van der Waals surface area contributed by atoms with Crippen LogP contribution >= 0.6 is 0 Å². The zero-order valence-electron chi connectivity index (χ0n) is 14.7. The summed E-state index contributed by atoms with van der Waals surface area (Å²) in [6.45, 7) is 0. The highest BCUT2D eigenvalue weighted by molar-refractivity contribution is 6.05. The van der Waals surface area contributed by atoms with E-state index >= 15 is 0 Å². The number of anilines is 1. The molecule has 0 amide bonds. The molecule has 0 aliphatic heterocycles. The number of rotatable bonds is 6. The summed E-state index contributed by atoms with van der Waals surface area (Å²) in [6.07, 6.45) is 7.96. The second-order valence-corrected chi connectivity index (χ2v) is 6.06. The summed E-state index contributed by atoms with van der Waals surface area (Å²) in [7, 11) is 3.13. The SMILES string of the molecule is COc1ccc(C(=O)C=CNc2cccc3c2CCCC3)cc1OC. The van der Waals surface area contributed by atoms with Crippen molar-refractivity contribution in [3.63, 3.8) is 0 Å². The van der Waals surface area contributed by atoms with Crippen molar-refractivity contribution in [1.29, 1.82) is 0 Å². The Labute approximate surface area is 148 Å². The maximum absolute atomic E-state index is 12.4. The molecule has 0 spiro atoms. The average Bonchev–Trinajstić information content (AvgIpc) is 2.67. The summed E-state index contributed by atoms with van der Waals surface area (Å²) >= 11 is 0. The van der Waals surface area contributed by atoms with E-state index < -0.39 is 0 Å². The molecule has 25 heavy (non-hydrogen) atoms. The van der Waals surface area contributed by atoms with Crippen LogP contribution in [0.5, 0.6) is 11.5 Å². The molecular formula is C21H23NO3. The predicted octanol–water partition coefficient (Wildman–Crippen LogP) is 4.39. The monoisotopic (exact) mass is 337 g/mol. The Morgan fingerprint density at radius 3 is 2.64 bits per heavy atom. The maximum Gasteiger partial charge on any atom is 0.187 e. The standard InChI is InChI=1S/C21H23NO3/c1-24-20-11-10-16(14-21(20)25-2)19(23)12-13-22-18-9-5-7-15-6-3-4-8-17(15)18/h5,7,9-14,22H,3-4,6,8H2,1-2H3. The van der Waals surface area contributed by atoms with Gasteiger partial charge in [0, 0.05) is 23.5 Å². The van der Waals surface area contributed by atoms with E-state index in [9.17, 15) is 4.79 Å². The molecule has 0 bridgehead atoms. The lowest BCUT2D eigenvalue weighted by Crippen LogP contribution is -2.06. The first-order chi connectivity index (χ1) is 12.2. The minimum atomic E-state index is -0.0850. The molecule has 0 saturated carbocycles. The number of hydrogen-bond acceptors (Lipinski definition) is 4. The summed E-state index contributed by atoms with van der Waals surface area (Å²) in [5, 5.41) is 3.27. The summed E-state index contributed by atoms with van der Waals surface area (Å²) in [5.41, 5.74) is 4.44. The van der Waals surface area contributed by atoms with E-state index in [0.29, 0.717) is 17.1 Å². The molecular weight excluding hydrogens is 314 g/mol. The molecule has 4 heteroatoms. The first-order valence-corrected chi connectivity index (χ1v) is 8.53. The molecule has 0 aromatic heterocycles. The second kappa shape index (κ2) is 7.88. The highest BCUT2D eigenvalue weighted by Crippen LogP contribution is 2.29. The lowest BCUT2D eigenvalue weighted by Gasteiger charge is -2.18. The van der Waals surface area contributed by atoms with Gasteiger partial charge in [0.25, 0.3) is 0 Å². The van der Waals surface area contributed by atoms with Crippen LogP contribution in [-0.2, 0) is 12.8 Å². The number of nitrogens with one attached hydrogen (secondary N) is 1. The van der Waals surface area contributed by atoms with Gasteiger partial charge in [-0.3, -0.25) is 4.79 Å². The van der Waals surface area contributed by atoms with Gasteiger partial charge in [-0.1, -0.05) is 12.1 Å². The number of ether oxygens (including phenoxy) is 2. The van der Waals surface area contributed by atoms with Crippen molar-refractivity contribution in [2.24, 2.45) is 0 Å². The van der Waals surface area contributed by atoms with Gasteiger partial charge in [0.2, 0.25) is 0 Å². The Bertz CT molecular complexity index is 796. The summed E-state index contributed by atoms with van der Waals surface area (Å²) < 4.78 is 10.4. The molecule has 0 fully saturated rings. The fourth-order valence-corrected chi connectivity index (χ4v) is 3.21. The van der Waals surface area contributed by atoms with E-state index in [-0.39, 0.29) is 5.78 Å². The van der Waals surface area contributed by atoms with E-state index in [1.54, 1.807) is 44.7 Å². The van der Waals surface area contributed by atoms with Gasteiger partial charge in [-0.05, 0) is 61.1 Å². The average molecular weight is 337 g/mol. The highest BCUT2D eigenvalue weighted by atomic mass is 16.5. The molecule has 2 aromatic carbocycles. The van der Waals surface area contributed by atoms with E-state index in [2.05, 4.69) is 23.5 Å². The number of allylic oxidation sites excluding steroid dienone is 1. The highest BCUT2D eigenvalue weighted by Gasteiger charge is 2.12. The van der Waals surface area contributed by atoms with Gasteiger partial charge < -0.3 is 14.8 Å². The third-order valence-corrected chi connectivity index (χ3v) is 4.54. The van der Waals surface area contributed by atoms with Crippen molar-refractivity contribution in [3.05, 3.63) is 65.4 Å². The molecule has 3 rings (SSSR count). The van der Waals surface area contributed by atoms with Gasteiger partial charge >= 0.3 is 0 Å². The zero-order chi connectivity index (χ0) is 17.6. The summed E-state index contributed by atoms with van der Waals surface area (Å²) in [4.78, 5) is 12.4. The molecule has 0 atom stereocenters. The largest absolute Gasteiger partial charge is 0.493 e. The molecule has 4 nitrogen and oxygen atoms in total. The molecule has 0 heterocycles. The van der Waals surface area contributed by atoms with Crippen molar-refractivity contribution in [2.75, 3.05) is 19.5 Å². The predicted molar refractivity (Wildman–Crippen MR) is 99.7 cm³/mol. The van der Waals surface area contributed by atoms with E-state index in [4.69, 9.17) is 9.47 Å². The van der Waals surface area contributed by atoms with Crippen LogP contribution in [0.4, 0.5) is 5.69 Å². The van der Waals surface area contributed by atoms with Crippen molar-refractivity contribution < 1.29 is 14.3 Å². The van der Waals surface area contributed by atoms with E-state index in [0.717, 1.165) is 18.5 Å². The Morgan fingerprint density at radius 2 is 1.84 bits per heavy atom. The summed E-state index contributed by atoms with van der Waals surface area (Å²) in [6, 6.07) is 11.5. The Kier molecular flexibility index (Phi) is 5.39. The van der Waals surface area contributed by atoms with E-state index in [1.165, 1.54) is 24.0 Å². The smallest absolute Gasteiger partial charge is 0.187 e. The zero-order valence-corrected chi connectivity index (χ0v) is 14.7. The normalized spacial score (nSPS) is 13.4. The molecule has 0 saturated heterocycles. The van der Waals surface area contributed by atoms with Gasteiger partial charge in [0.15, 0.2) is 17.3 Å². The van der Waals surface area contributed by atoms with E-state index in [1.807, 2.05) is 0 Å². The van der Waals surface area contributed by atoms with Crippen LogP contribution < -0.4 is 14.8 Å². The number of hydrogen-bond donors (Lipinski definition) is 1. The van der Waals surface area contributed by atoms with Crippen LogP contribution in [0, 0.1) is 0 Å². The van der Waals surface area contributed by atoms with Crippen molar-refractivity contribution in [1.82, 2.24) is 0 Å². The van der Waals surface area contributed by atoms with Crippen LogP contribution in [0.3, 0.4) is 0 Å². The Hall–Kier alpha value is -2.75. The third-order valence-electron chi connectivity index (χ3n) is 4.54. The molecule has 0 radical (unpaired) electrons.